The Labute approximate surface area is 69.2 Å². The van der Waals surface area contributed by atoms with Gasteiger partial charge in [-0.05, 0) is 18.8 Å². The van der Waals surface area contributed by atoms with Crippen LogP contribution in [0.5, 0.6) is 0 Å². The molecule has 1 aliphatic rings. The zero-order chi connectivity index (χ0) is 8.10. The first kappa shape index (κ1) is 8.76. The highest BCUT2D eigenvalue weighted by Gasteiger charge is 2.17. The van der Waals surface area contributed by atoms with Crippen LogP contribution < -0.4 is 0 Å². The Morgan fingerprint density at radius 3 is 2.55 bits per heavy atom. The first-order valence-corrected chi connectivity index (χ1v) is 4.84. The normalized spacial score (nSPS) is 20.6. The average molecular weight is 154 g/mol. The van der Waals surface area contributed by atoms with Crippen LogP contribution in [-0.4, -0.2) is 5.78 Å². The highest BCUT2D eigenvalue weighted by Crippen LogP contribution is 2.25. The van der Waals surface area contributed by atoms with Gasteiger partial charge in [0.2, 0.25) is 0 Å². The fourth-order valence-corrected chi connectivity index (χ4v) is 1.78. The van der Waals surface area contributed by atoms with Crippen LogP contribution in [0.1, 0.15) is 51.9 Å². The number of hydrogen-bond donors (Lipinski definition) is 0. The minimum atomic E-state index is 0.484. The van der Waals surface area contributed by atoms with Gasteiger partial charge in [0, 0.05) is 12.8 Å². The first-order valence-electron chi connectivity index (χ1n) is 4.84. The van der Waals surface area contributed by atoms with Crippen molar-refractivity contribution >= 4 is 5.78 Å². The van der Waals surface area contributed by atoms with Crippen LogP contribution in [0.3, 0.4) is 0 Å². The van der Waals surface area contributed by atoms with Crippen LogP contribution in [0, 0.1) is 5.92 Å². The van der Waals surface area contributed by atoms with Crippen molar-refractivity contribution in [1.82, 2.24) is 0 Å². The number of carbonyl (C=O) groups is 1. The van der Waals surface area contributed by atoms with Gasteiger partial charge in [-0.1, -0.05) is 26.2 Å². The van der Waals surface area contributed by atoms with Gasteiger partial charge >= 0.3 is 0 Å². The molecule has 1 saturated carbocycles. The third kappa shape index (κ3) is 3.04. The second-order valence-electron chi connectivity index (χ2n) is 3.62. The standard InChI is InChI=1S/C10H18O/c1-2-3-4-9-5-7-10(11)8-6-9/h9H,2-8H2,1H3. The van der Waals surface area contributed by atoms with E-state index in [-0.39, 0.29) is 0 Å². The highest BCUT2D eigenvalue weighted by molar-refractivity contribution is 5.78. The lowest BCUT2D eigenvalue weighted by atomic mass is 9.85. The van der Waals surface area contributed by atoms with Gasteiger partial charge in [0.1, 0.15) is 5.78 Å². The van der Waals surface area contributed by atoms with Gasteiger partial charge < -0.3 is 0 Å². The summed E-state index contributed by atoms with van der Waals surface area (Å²) < 4.78 is 0. The molecule has 0 radical (unpaired) electrons. The summed E-state index contributed by atoms with van der Waals surface area (Å²) in [7, 11) is 0. The fraction of sp³-hybridized carbons (Fsp3) is 0.900. The van der Waals surface area contributed by atoms with E-state index in [1.807, 2.05) is 0 Å². The van der Waals surface area contributed by atoms with Crippen LogP contribution in [0.15, 0.2) is 0 Å². The molecule has 64 valence electrons. The Kier molecular flexibility index (Phi) is 3.61. The lowest BCUT2D eigenvalue weighted by Gasteiger charge is -2.20. The molecule has 0 unspecified atom stereocenters. The van der Waals surface area contributed by atoms with E-state index in [4.69, 9.17) is 0 Å². The summed E-state index contributed by atoms with van der Waals surface area (Å²) >= 11 is 0. The van der Waals surface area contributed by atoms with Gasteiger partial charge in [0.15, 0.2) is 0 Å². The Morgan fingerprint density at radius 2 is 2.00 bits per heavy atom. The lowest BCUT2D eigenvalue weighted by molar-refractivity contribution is -0.121. The minimum Gasteiger partial charge on any atom is -0.300 e. The molecule has 1 nitrogen and oxygen atoms in total. The predicted molar refractivity (Wildman–Crippen MR) is 46.5 cm³/mol. The SMILES string of the molecule is CCCCC1CCC(=O)CC1. The fourth-order valence-electron chi connectivity index (χ4n) is 1.78. The van der Waals surface area contributed by atoms with Crippen molar-refractivity contribution in [3.63, 3.8) is 0 Å². The van der Waals surface area contributed by atoms with Gasteiger partial charge in [-0.3, -0.25) is 4.79 Å². The van der Waals surface area contributed by atoms with Crippen LogP contribution in [0.25, 0.3) is 0 Å². The zero-order valence-corrected chi connectivity index (χ0v) is 7.44. The van der Waals surface area contributed by atoms with Crippen LogP contribution in [-0.2, 0) is 4.79 Å². The molecule has 11 heavy (non-hydrogen) atoms. The molecule has 0 spiro atoms. The monoisotopic (exact) mass is 154 g/mol. The Hall–Kier alpha value is -0.330. The molecular formula is C10H18O. The molecule has 0 atom stereocenters. The van der Waals surface area contributed by atoms with E-state index in [0.29, 0.717) is 5.78 Å². The maximum atomic E-state index is 10.9. The van der Waals surface area contributed by atoms with E-state index in [0.717, 1.165) is 18.8 Å². The second-order valence-corrected chi connectivity index (χ2v) is 3.62. The number of rotatable bonds is 3. The van der Waals surface area contributed by atoms with Gasteiger partial charge in [0.05, 0.1) is 0 Å². The second kappa shape index (κ2) is 4.53. The maximum Gasteiger partial charge on any atom is 0.132 e. The molecule has 0 N–H and O–H groups in total. The minimum absolute atomic E-state index is 0.484. The van der Waals surface area contributed by atoms with Crippen molar-refractivity contribution in [3.05, 3.63) is 0 Å². The van der Waals surface area contributed by atoms with Crippen molar-refractivity contribution in [2.75, 3.05) is 0 Å². The third-order valence-corrected chi connectivity index (χ3v) is 2.63. The number of ketones is 1. The molecule has 0 aromatic heterocycles. The van der Waals surface area contributed by atoms with Crippen molar-refractivity contribution in [1.29, 1.82) is 0 Å². The summed E-state index contributed by atoms with van der Waals surface area (Å²) in [6, 6.07) is 0. The van der Waals surface area contributed by atoms with Crippen LogP contribution in [0.2, 0.25) is 0 Å². The summed E-state index contributed by atoms with van der Waals surface area (Å²) in [5.41, 5.74) is 0. The van der Waals surface area contributed by atoms with Crippen molar-refractivity contribution in [2.45, 2.75) is 51.9 Å². The Morgan fingerprint density at radius 1 is 1.36 bits per heavy atom. The van der Waals surface area contributed by atoms with E-state index in [1.165, 1.54) is 32.1 Å². The molecule has 0 aromatic carbocycles. The summed E-state index contributed by atoms with van der Waals surface area (Å²) in [5.74, 6) is 1.35. The molecule has 1 rings (SSSR count). The van der Waals surface area contributed by atoms with E-state index < -0.39 is 0 Å². The average Bonchev–Trinajstić information content (AvgIpc) is 2.04. The van der Waals surface area contributed by atoms with Crippen molar-refractivity contribution in [3.8, 4) is 0 Å². The number of unbranched alkanes of at least 4 members (excludes halogenated alkanes) is 1. The molecule has 0 aliphatic heterocycles. The molecule has 1 aliphatic carbocycles. The van der Waals surface area contributed by atoms with Crippen molar-refractivity contribution < 1.29 is 4.79 Å². The first-order chi connectivity index (χ1) is 5.33. The van der Waals surface area contributed by atoms with Crippen molar-refractivity contribution in [2.24, 2.45) is 5.92 Å². The van der Waals surface area contributed by atoms with Gasteiger partial charge in [-0.2, -0.15) is 0 Å². The van der Waals surface area contributed by atoms with E-state index >= 15 is 0 Å². The summed E-state index contributed by atoms with van der Waals surface area (Å²) in [5, 5.41) is 0. The van der Waals surface area contributed by atoms with E-state index in [2.05, 4.69) is 6.92 Å². The van der Waals surface area contributed by atoms with E-state index in [1.54, 1.807) is 0 Å². The molecule has 0 amide bonds. The maximum absolute atomic E-state index is 10.9. The summed E-state index contributed by atoms with van der Waals surface area (Å²) in [6.45, 7) is 2.23. The largest absolute Gasteiger partial charge is 0.300 e. The van der Waals surface area contributed by atoms with E-state index in [9.17, 15) is 4.79 Å². The number of hydrogen-bond acceptors (Lipinski definition) is 1. The van der Waals surface area contributed by atoms with Crippen LogP contribution >= 0.6 is 0 Å². The van der Waals surface area contributed by atoms with Gasteiger partial charge in [-0.15, -0.1) is 0 Å². The topological polar surface area (TPSA) is 17.1 Å². The molecule has 0 aromatic rings. The highest BCUT2D eigenvalue weighted by atomic mass is 16.1. The molecule has 0 bridgehead atoms. The zero-order valence-electron chi connectivity index (χ0n) is 7.44. The smallest absolute Gasteiger partial charge is 0.132 e. The number of Topliss-reactive ketones (excluding diaryl/α,β-unsaturated/α-hetero) is 1. The third-order valence-electron chi connectivity index (χ3n) is 2.63. The molecule has 1 fully saturated rings. The summed E-state index contributed by atoms with van der Waals surface area (Å²) in [4.78, 5) is 10.9. The predicted octanol–water partition coefficient (Wildman–Crippen LogP) is 2.94. The van der Waals surface area contributed by atoms with Gasteiger partial charge in [0.25, 0.3) is 0 Å². The lowest BCUT2D eigenvalue weighted by Crippen LogP contribution is -2.13. The molecule has 1 heteroatoms. The Balaban J connectivity index is 2.12. The van der Waals surface area contributed by atoms with Crippen LogP contribution in [0.4, 0.5) is 0 Å². The number of carbonyl (C=O) groups excluding carboxylic acids is 1. The molecule has 0 heterocycles. The quantitative estimate of drug-likeness (QED) is 0.611. The Bertz CT molecular complexity index is 119. The molecule has 0 saturated heterocycles. The summed E-state index contributed by atoms with van der Waals surface area (Å²) in [6.07, 6.45) is 8.04. The van der Waals surface area contributed by atoms with Gasteiger partial charge in [-0.25, -0.2) is 0 Å². The molecular weight excluding hydrogens is 136 g/mol.